The summed E-state index contributed by atoms with van der Waals surface area (Å²) in [6.45, 7) is 1.74. The van der Waals surface area contributed by atoms with Crippen LogP contribution in [-0.2, 0) is 14.3 Å². The van der Waals surface area contributed by atoms with Crippen LogP contribution in [-0.4, -0.2) is 78.6 Å². The highest BCUT2D eigenvalue weighted by atomic mass is 16.5. The Labute approximate surface area is 238 Å². The summed E-state index contributed by atoms with van der Waals surface area (Å²) in [7, 11) is 7.94. The van der Waals surface area contributed by atoms with Crippen molar-refractivity contribution >= 4 is 29.0 Å². The van der Waals surface area contributed by atoms with Crippen molar-refractivity contribution in [1.29, 1.82) is 0 Å². The van der Waals surface area contributed by atoms with Crippen LogP contribution in [0.5, 0.6) is 23.0 Å². The minimum atomic E-state index is -0.707. The predicted molar refractivity (Wildman–Crippen MR) is 152 cm³/mol. The topological polar surface area (TPSA) is 123 Å². The van der Waals surface area contributed by atoms with Crippen molar-refractivity contribution in [3.63, 3.8) is 0 Å². The number of nitrogens with zero attached hydrogens (tertiary/aromatic N) is 1. The zero-order valence-electron chi connectivity index (χ0n) is 23.9. The van der Waals surface area contributed by atoms with E-state index in [9.17, 15) is 14.4 Å². The van der Waals surface area contributed by atoms with E-state index in [2.05, 4.69) is 0 Å². The van der Waals surface area contributed by atoms with Gasteiger partial charge in [-0.05, 0) is 55.8 Å². The molecular weight excluding hydrogens is 534 g/mol. The molecule has 0 spiro atoms. The van der Waals surface area contributed by atoms with Crippen molar-refractivity contribution in [2.45, 2.75) is 12.8 Å². The van der Waals surface area contributed by atoms with E-state index < -0.39 is 11.9 Å². The summed E-state index contributed by atoms with van der Waals surface area (Å²) in [5, 5.41) is 0.272. The summed E-state index contributed by atoms with van der Waals surface area (Å²) in [6, 6.07) is 9.48. The molecule has 0 bridgehead atoms. The lowest BCUT2D eigenvalue weighted by molar-refractivity contribution is -0.137. The van der Waals surface area contributed by atoms with Crippen molar-refractivity contribution in [2.75, 3.05) is 61.8 Å². The SMILES string of the molecule is COc1cc(/C=C/C(=O)OCCCN(C)CCCOC(=O)c2cc(=O)c3c(OC)cccc3o2)cc(OC)c1OC. The highest BCUT2D eigenvalue weighted by Crippen LogP contribution is 2.38. The molecule has 0 saturated carbocycles. The molecule has 0 N–H and O–H groups in total. The number of hydrogen-bond donors (Lipinski definition) is 0. The van der Waals surface area contributed by atoms with Crippen molar-refractivity contribution in [3.05, 3.63) is 64.0 Å². The lowest BCUT2D eigenvalue weighted by Crippen LogP contribution is -2.23. The van der Waals surface area contributed by atoms with Crippen LogP contribution in [0.25, 0.3) is 17.0 Å². The maximum absolute atomic E-state index is 12.4. The summed E-state index contributed by atoms with van der Waals surface area (Å²) in [6.07, 6.45) is 4.16. The van der Waals surface area contributed by atoms with Gasteiger partial charge in [0.2, 0.25) is 11.5 Å². The van der Waals surface area contributed by atoms with Gasteiger partial charge in [-0.2, -0.15) is 0 Å². The van der Waals surface area contributed by atoms with E-state index in [0.717, 1.165) is 6.07 Å². The second-order valence-corrected chi connectivity index (χ2v) is 8.91. The Morgan fingerprint density at radius 1 is 0.854 bits per heavy atom. The van der Waals surface area contributed by atoms with Gasteiger partial charge in [0.15, 0.2) is 16.9 Å². The third-order valence-corrected chi connectivity index (χ3v) is 6.08. The molecule has 41 heavy (non-hydrogen) atoms. The molecule has 0 fully saturated rings. The number of rotatable bonds is 15. The highest BCUT2D eigenvalue weighted by molar-refractivity contribution is 5.90. The molecule has 11 nitrogen and oxygen atoms in total. The number of hydrogen-bond acceptors (Lipinski definition) is 11. The molecule has 220 valence electrons. The van der Waals surface area contributed by atoms with Gasteiger partial charge in [0.25, 0.3) is 0 Å². The second kappa shape index (κ2) is 15.3. The van der Waals surface area contributed by atoms with Crippen LogP contribution in [0.15, 0.2) is 51.7 Å². The molecule has 2 aromatic carbocycles. The quantitative estimate of drug-likeness (QED) is 0.150. The van der Waals surface area contributed by atoms with E-state index in [0.29, 0.717) is 54.5 Å². The summed E-state index contributed by atoms with van der Waals surface area (Å²) < 4.78 is 37.2. The lowest BCUT2D eigenvalue weighted by atomic mass is 10.1. The first-order chi connectivity index (χ1) is 19.8. The fourth-order valence-corrected chi connectivity index (χ4v) is 4.05. The van der Waals surface area contributed by atoms with E-state index in [4.69, 9.17) is 32.8 Å². The molecule has 1 heterocycles. The third-order valence-electron chi connectivity index (χ3n) is 6.08. The van der Waals surface area contributed by atoms with E-state index >= 15 is 0 Å². The average molecular weight is 570 g/mol. The van der Waals surface area contributed by atoms with Crippen LogP contribution >= 0.6 is 0 Å². The van der Waals surface area contributed by atoms with Gasteiger partial charge in [-0.1, -0.05) is 6.07 Å². The Bertz CT molecular complexity index is 1400. The number of carbonyl (C=O) groups is 2. The standard InChI is InChI=1S/C30H35NO10/c1-31(13-7-15-39-27(33)12-11-20-17-24(36-3)29(38-5)25(18-20)37-4)14-8-16-40-30(34)26-19-21(32)28-22(35-2)9-6-10-23(28)41-26/h6,9-12,17-19H,7-8,13-16H2,1-5H3/b12-11+. The molecule has 1 aromatic heterocycles. The fraction of sp³-hybridized carbons (Fsp3) is 0.367. The number of benzene rings is 2. The van der Waals surface area contributed by atoms with Crippen LogP contribution in [0, 0.1) is 0 Å². The first-order valence-corrected chi connectivity index (χ1v) is 12.9. The summed E-state index contributed by atoms with van der Waals surface area (Å²) in [4.78, 5) is 39.0. The molecule has 0 radical (unpaired) electrons. The van der Waals surface area contributed by atoms with Crippen LogP contribution < -0.4 is 24.4 Å². The van der Waals surface area contributed by atoms with Gasteiger partial charge in [-0.25, -0.2) is 9.59 Å². The van der Waals surface area contributed by atoms with Gasteiger partial charge in [-0.15, -0.1) is 0 Å². The van der Waals surface area contributed by atoms with Gasteiger partial charge in [0, 0.05) is 25.2 Å². The first-order valence-electron chi connectivity index (χ1n) is 12.9. The minimum Gasteiger partial charge on any atom is -0.496 e. The molecule has 0 saturated heterocycles. The monoisotopic (exact) mass is 569 g/mol. The van der Waals surface area contributed by atoms with Crippen LogP contribution in [0.1, 0.15) is 29.0 Å². The van der Waals surface area contributed by atoms with E-state index in [1.54, 1.807) is 36.4 Å². The number of ether oxygens (including phenoxy) is 6. The molecular formula is C30H35NO10. The number of fused-ring (bicyclic) bond motifs is 1. The average Bonchev–Trinajstić information content (AvgIpc) is 2.99. The first kappa shape index (κ1) is 31.0. The van der Waals surface area contributed by atoms with Gasteiger partial charge < -0.3 is 37.7 Å². The maximum Gasteiger partial charge on any atom is 0.374 e. The Hall–Kier alpha value is -4.51. The minimum absolute atomic E-state index is 0.156. The summed E-state index contributed by atoms with van der Waals surface area (Å²) in [5.74, 6) is 0.481. The Morgan fingerprint density at radius 3 is 2.10 bits per heavy atom. The van der Waals surface area contributed by atoms with E-state index in [1.165, 1.54) is 34.5 Å². The zero-order chi connectivity index (χ0) is 29.8. The van der Waals surface area contributed by atoms with Gasteiger partial charge in [0.05, 0.1) is 41.7 Å². The number of carbonyl (C=O) groups excluding carboxylic acids is 2. The normalized spacial score (nSPS) is 11.1. The van der Waals surface area contributed by atoms with Crippen molar-refractivity contribution in [3.8, 4) is 23.0 Å². The molecule has 0 aliphatic rings. The van der Waals surface area contributed by atoms with Crippen molar-refractivity contribution in [2.24, 2.45) is 0 Å². The smallest absolute Gasteiger partial charge is 0.374 e. The number of esters is 2. The molecule has 11 heteroatoms. The van der Waals surface area contributed by atoms with Crippen molar-refractivity contribution in [1.82, 2.24) is 4.90 Å². The Kier molecular flexibility index (Phi) is 11.6. The molecule has 3 rings (SSSR count). The maximum atomic E-state index is 12.4. The number of methoxy groups -OCH3 is 4. The molecule has 0 unspecified atom stereocenters. The Balaban J connectivity index is 1.36. The molecule has 0 aliphatic heterocycles. The van der Waals surface area contributed by atoms with Crippen LogP contribution in [0.3, 0.4) is 0 Å². The third kappa shape index (κ3) is 8.49. The largest absolute Gasteiger partial charge is 0.496 e. The van der Waals surface area contributed by atoms with E-state index in [1.807, 2.05) is 11.9 Å². The molecule has 0 aliphatic carbocycles. The fourth-order valence-electron chi connectivity index (χ4n) is 4.05. The van der Waals surface area contributed by atoms with Gasteiger partial charge in [0.1, 0.15) is 16.7 Å². The Morgan fingerprint density at radius 2 is 1.49 bits per heavy atom. The summed E-state index contributed by atoms with van der Waals surface area (Å²) >= 11 is 0. The van der Waals surface area contributed by atoms with Gasteiger partial charge >= 0.3 is 11.9 Å². The van der Waals surface area contributed by atoms with E-state index in [-0.39, 0.29) is 35.4 Å². The summed E-state index contributed by atoms with van der Waals surface area (Å²) in [5.41, 5.74) is 0.563. The highest BCUT2D eigenvalue weighted by Gasteiger charge is 2.16. The lowest BCUT2D eigenvalue weighted by Gasteiger charge is -2.16. The zero-order valence-corrected chi connectivity index (χ0v) is 23.9. The van der Waals surface area contributed by atoms with Crippen molar-refractivity contribution < 1.29 is 42.4 Å². The molecule has 0 amide bonds. The van der Waals surface area contributed by atoms with Crippen LogP contribution in [0.4, 0.5) is 0 Å². The van der Waals surface area contributed by atoms with Crippen LogP contribution in [0.2, 0.25) is 0 Å². The molecule has 0 atom stereocenters. The second-order valence-electron chi connectivity index (χ2n) is 8.91. The predicted octanol–water partition coefficient (Wildman–Crippen LogP) is 3.95. The van der Waals surface area contributed by atoms with Gasteiger partial charge in [-0.3, -0.25) is 4.79 Å². The molecule has 3 aromatic rings.